The van der Waals surface area contributed by atoms with E-state index in [-0.39, 0.29) is 0 Å². The highest BCUT2D eigenvalue weighted by molar-refractivity contribution is 7.26. The van der Waals surface area contributed by atoms with Crippen LogP contribution in [-0.2, 0) is 13.0 Å². The number of thiophene rings is 1. The van der Waals surface area contributed by atoms with Crippen molar-refractivity contribution in [1.29, 1.82) is 0 Å². The third-order valence-electron chi connectivity index (χ3n) is 4.28. The molecule has 118 valence electrons. The van der Waals surface area contributed by atoms with E-state index in [2.05, 4.69) is 36.3 Å². The smallest absolute Gasteiger partial charge is 0.166 e. The van der Waals surface area contributed by atoms with Crippen molar-refractivity contribution in [2.75, 3.05) is 5.32 Å². The van der Waals surface area contributed by atoms with Crippen molar-refractivity contribution in [3.05, 3.63) is 41.0 Å². The topological polar surface area (TPSA) is 66.7 Å². The van der Waals surface area contributed by atoms with E-state index in [0.29, 0.717) is 6.54 Å². The molecule has 0 aromatic carbocycles. The predicted molar refractivity (Wildman–Crippen MR) is 94.2 cm³/mol. The zero-order chi connectivity index (χ0) is 16.0. The van der Waals surface area contributed by atoms with E-state index in [9.17, 15) is 0 Å². The molecule has 5 nitrogen and oxygen atoms in total. The number of hydrogen-bond acceptors (Lipinski definition) is 5. The van der Waals surface area contributed by atoms with E-state index < -0.39 is 0 Å². The summed E-state index contributed by atoms with van der Waals surface area (Å²) in [5.74, 6) is 1.75. The average molecular weight is 326 g/mol. The standard InChI is InChI=1S/C17H18N4OS/c1-4-12-9(2)13-14-15(23-17(13)19-10(12)3)16(21-20-14)18-8-11-6-5-7-22-11/h5-7H,4,8H2,1-3H3,(H2,18,20,21). The average Bonchev–Trinajstić information content (AvgIpc) is 3.21. The number of H-pyrrole nitrogens is 1. The zero-order valence-corrected chi connectivity index (χ0v) is 14.2. The van der Waals surface area contributed by atoms with Gasteiger partial charge < -0.3 is 9.73 Å². The van der Waals surface area contributed by atoms with E-state index in [1.54, 1.807) is 17.6 Å². The van der Waals surface area contributed by atoms with Crippen LogP contribution in [0.1, 0.15) is 29.5 Å². The van der Waals surface area contributed by atoms with Gasteiger partial charge in [-0.15, -0.1) is 11.3 Å². The van der Waals surface area contributed by atoms with Crippen LogP contribution >= 0.6 is 11.3 Å². The lowest BCUT2D eigenvalue weighted by Crippen LogP contribution is -1.98. The fraction of sp³-hybridized carbons (Fsp3) is 0.294. The second-order valence-electron chi connectivity index (χ2n) is 5.65. The van der Waals surface area contributed by atoms with Gasteiger partial charge in [0.15, 0.2) is 5.82 Å². The van der Waals surface area contributed by atoms with Gasteiger partial charge in [-0.2, -0.15) is 5.10 Å². The summed E-state index contributed by atoms with van der Waals surface area (Å²) in [7, 11) is 0. The van der Waals surface area contributed by atoms with Crippen molar-refractivity contribution < 1.29 is 4.42 Å². The van der Waals surface area contributed by atoms with Gasteiger partial charge in [0, 0.05) is 11.1 Å². The molecular formula is C17H18N4OS. The summed E-state index contributed by atoms with van der Waals surface area (Å²) >= 11 is 1.68. The maximum absolute atomic E-state index is 5.36. The molecule has 23 heavy (non-hydrogen) atoms. The Morgan fingerprint density at radius 1 is 1.35 bits per heavy atom. The quantitative estimate of drug-likeness (QED) is 0.577. The van der Waals surface area contributed by atoms with Crippen LogP contribution in [0.3, 0.4) is 0 Å². The predicted octanol–water partition coefficient (Wildman–Crippen LogP) is 4.56. The van der Waals surface area contributed by atoms with Gasteiger partial charge in [-0.25, -0.2) is 4.98 Å². The molecule has 2 N–H and O–H groups in total. The highest BCUT2D eigenvalue weighted by Crippen LogP contribution is 2.38. The lowest BCUT2D eigenvalue weighted by molar-refractivity contribution is 0.518. The van der Waals surface area contributed by atoms with E-state index in [0.717, 1.165) is 38.7 Å². The van der Waals surface area contributed by atoms with Crippen LogP contribution in [-0.4, -0.2) is 15.2 Å². The Balaban J connectivity index is 1.81. The number of aromatic nitrogens is 3. The number of anilines is 1. The van der Waals surface area contributed by atoms with Gasteiger partial charge in [0.25, 0.3) is 0 Å². The van der Waals surface area contributed by atoms with Crippen LogP contribution in [0.4, 0.5) is 5.82 Å². The number of rotatable bonds is 4. The highest BCUT2D eigenvalue weighted by atomic mass is 32.1. The van der Waals surface area contributed by atoms with Crippen molar-refractivity contribution in [1.82, 2.24) is 15.2 Å². The molecule has 0 atom stereocenters. The summed E-state index contributed by atoms with van der Waals surface area (Å²) in [6.45, 7) is 7.06. The lowest BCUT2D eigenvalue weighted by Gasteiger charge is -2.07. The van der Waals surface area contributed by atoms with Crippen LogP contribution in [0.25, 0.3) is 20.4 Å². The number of aromatic amines is 1. The van der Waals surface area contributed by atoms with Crippen molar-refractivity contribution in [2.24, 2.45) is 0 Å². The summed E-state index contributed by atoms with van der Waals surface area (Å²) in [6, 6.07) is 3.84. The number of furan rings is 1. The summed E-state index contributed by atoms with van der Waals surface area (Å²) in [4.78, 5) is 5.86. The molecule has 0 bridgehead atoms. The van der Waals surface area contributed by atoms with Crippen molar-refractivity contribution in [2.45, 2.75) is 33.7 Å². The highest BCUT2D eigenvalue weighted by Gasteiger charge is 2.18. The number of aryl methyl sites for hydroxylation is 2. The Bertz CT molecular complexity index is 981. The van der Waals surface area contributed by atoms with Gasteiger partial charge in [-0.05, 0) is 43.5 Å². The molecule has 0 fully saturated rings. The molecule has 4 heterocycles. The molecule has 0 amide bonds. The van der Waals surface area contributed by atoms with Crippen molar-refractivity contribution in [3.8, 4) is 0 Å². The van der Waals surface area contributed by atoms with Crippen molar-refractivity contribution in [3.63, 3.8) is 0 Å². The molecule has 4 aromatic rings. The Hall–Kier alpha value is -2.34. The first-order valence-electron chi connectivity index (χ1n) is 7.72. The maximum Gasteiger partial charge on any atom is 0.166 e. The van der Waals surface area contributed by atoms with E-state index in [1.165, 1.54) is 16.5 Å². The first-order chi connectivity index (χ1) is 11.2. The molecule has 0 unspecified atom stereocenters. The molecule has 4 aromatic heterocycles. The summed E-state index contributed by atoms with van der Waals surface area (Å²) < 4.78 is 6.48. The monoisotopic (exact) mass is 326 g/mol. The van der Waals surface area contributed by atoms with Crippen LogP contribution < -0.4 is 5.32 Å². The minimum absolute atomic E-state index is 0.618. The molecule has 0 aliphatic carbocycles. The van der Waals surface area contributed by atoms with Gasteiger partial charge in [-0.3, -0.25) is 5.10 Å². The van der Waals surface area contributed by atoms with Gasteiger partial charge >= 0.3 is 0 Å². The minimum atomic E-state index is 0.618. The Morgan fingerprint density at radius 3 is 2.96 bits per heavy atom. The molecule has 0 saturated carbocycles. The number of hydrogen-bond donors (Lipinski definition) is 2. The minimum Gasteiger partial charge on any atom is -0.467 e. The molecule has 0 aliphatic rings. The van der Waals surface area contributed by atoms with Crippen LogP contribution in [0.15, 0.2) is 22.8 Å². The third kappa shape index (κ3) is 2.21. The van der Waals surface area contributed by atoms with E-state index in [1.807, 2.05) is 12.1 Å². The van der Waals surface area contributed by atoms with Crippen LogP contribution in [0, 0.1) is 13.8 Å². The SMILES string of the molecule is CCc1c(C)nc2sc3c(NCc4ccco4)n[nH]c3c2c1C. The van der Waals surface area contributed by atoms with Crippen LogP contribution in [0.2, 0.25) is 0 Å². The second-order valence-corrected chi connectivity index (χ2v) is 6.64. The third-order valence-corrected chi connectivity index (χ3v) is 5.37. The largest absolute Gasteiger partial charge is 0.467 e. The first kappa shape index (κ1) is 14.3. The molecule has 6 heteroatoms. The summed E-state index contributed by atoms with van der Waals surface area (Å²) in [5, 5.41) is 12.1. The van der Waals surface area contributed by atoms with E-state index in [4.69, 9.17) is 9.40 Å². The van der Waals surface area contributed by atoms with Gasteiger partial charge in [0.2, 0.25) is 0 Å². The van der Waals surface area contributed by atoms with E-state index >= 15 is 0 Å². The molecule has 0 aliphatic heterocycles. The number of nitrogens with one attached hydrogen (secondary N) is 2. The maximum atomic E-state index is 5.36. The fourth-order valence-corrected chi connectivity index (χ4v) is 4.35. The van der Waals surface area contributed by atoms with Gasteiger partial charge in [0.1, 0.15) is 10.6 Å². The summed E-state index contributed by atoms with van der Waals surface area (Å²) in [5.41, 5.74) is 4.84. The second kappa shape index (κ2) is 5.38. The Labute approximate surface area is 137 Å². The first-order valence-corrected chi connectivity index (χ1v) is 8.53. The van der Waals surface area contributed by atoms with Gasteiger partial charge in [0.05, 0.1) is 23.0 Å². The zero-order valence-electron chi connectivity index (χ0n) is 13.4. The molecule has 0 saturated heterocycles. The van der Waals surface area contributed by atoms with Crippen LogP contribution in [0.5, 0.6) is 0 Å². The molecule has 0 radical (unpaired) electrons. The fourth-order valence-electron chi connectivity index (χ4n) is 3.15. The van der Waals surface area contributed by atoms with Crippen molar-refractivity contribution >= 4 is 37.6 Å². The van der Waals surface area contributed by atoms with Gasteiger partial charge in [-0.1, -0.05) is 6.92 Å². The molecule has 4 rings (SSSR count). The number of fused-ring (bicyclic) bond motifs is 3. The molecule has 0 spiro atoms. The number of nitrogens with zero attached hydrogens (tertiary/aromatic N) is 2. The summed E-state index contributed by atoms with van der Waals surface area (Å²) in [6.07, 6.45) is 2.68. The molecular weight excluding hydrogens is 308 g/mol. The lowest BCUT2D eigenvalue weighted by atomic mass is 10.0. The Kier molecular flexibility index (Phi) is 3.34. The Morgan fingerprint density at radius 2 is 2.22 bits per heavy atom. The normalized spacial score (nSPS) is 11.6. The number of pyridine rings is 1.